The fraction of sp³-hybridized carbons (Fsp3) is 1.00. The van der Waals surface area contributed by atoms with Crippen molar-refractivity contribution in [2.45, 2.75) is 46.6 Å². The van der Waals surface area contributed by atoms with Crippen molar-refractivity contribution in [3.05, 3.63) is 0 Å². The zero-order valence-corrected chi connectivity index (χ0v) is 11.3. The van der Waals surface area contributed by atoms with Crippen LogP contribution in [0.4, 0.5) is 0 Å². The first-order valence-electron chi connectivity index (χ1n) is 5.90. The van der Waals surface area contributed by atoms with E-state index in [0.29, 0.717) is 6.04 Å². The third-order valence-electron chi connectivity index (χ3n) is 2.74. The van der Waals surface area contributed by atoms with Crippen molar-refractivity contribution in [3.63, 3.8) is 0 Å². The molecule has 1 unspecified atom stereocenters. The largest absolute Gasteiger partial charge is 0.316 e. The Morgan fingerprint density at radius 2 is 1.64 bits per heavy atom. The van der Waals surface area contributed by atoms with E-state index < -0.39 is 0 Å². The maximum absolute atomic E-state index is 3.46. The van der Waals surface area contributed by atoms with Crippen LogP contribution >= 0.6 is 11.8 Å². The highest BCUT2D eigenvalue weighted by Gasteiger charge is 2.16. The SMILES string of the molecule is CCC(CC)C(CSCC(C)C)NC. The lowest BCUT2D eigenvalue weighted by Crippen LogP contribution is -2.35. The molecule has 0 aromatic carbocycles. The van der Waals surface area contributed by atoms with Crippen LogP contribution in [-0.2, 0) is 0 Å². The van der Waals surface area contributed by atoms with E-state index in [0.717, 1.165) is 11.8 Å². The van der Waals surface area contributed by atoms with Gasteiger partial charge in [-0.1, -0.05) is 40.5 Å². The van der Waals surface area contributed by atoms with Crippen LogP contribution in [0.5, 0.6) is 0 Å². The minimum Gasteiger partial charge on any atom is -0.316 e. The Bertz CT molecular complexity index is 121. The van der Waals surface area contributed by atoms with E-state index in [4.69, 9.17) is 0 Å². The normalized spacial score (nSPS) is 13.9. The second-order valence-corrected chi connectivity index (χ2v) is 5.48. The van der Waals surface area contributed by atoms with Gasteiger partial charge in [0.15, 0.2) is 0 Å². The topological polar surface area (TPSA) is 12.0 Å². The first-order valence-corrected chi connectivity index (χ1v) is 7.06. The van der Waals surface area contributed by atoms with Gasteiger partial charge in [-0.15, -0.1) is 0 Å². The van der Waals surface area contributed by atoms with E-state index in [9.17, 15) is 0 Å². The van der Waals surface area contributed by atoms with Gasteiger partial charge in [0.2, 0.25) is 0 Å². The van der Waals surface area contributed by atoms with E-state index in [1.807, 2.05) is 0 Å². The molecule has 0 aliphatic carbocycles. The van der Waals surface area contributed by atoms with Gasteiger partial charge in [-0.3, -0.25) is 0 Å². The molecule has 0 aromatic rings. The Labute approximate surface area is 94.4 Å². The Morgan fingerprint density at radius 3 is 2.00 bits per heavy atom. The summed E-state index contributed by atoms with van der Waals surface area (Å²) in [5, 5.41) is 3.46. The Balaban J connectivity index is 3.77. The fourth-order valence-corrected chi connectivity index (χ4v) is 3.04. The highest BCUT2D eigenvalue weighted by molar-refractivity contribution is 7.99. The minimum absolute atomic E-state index is 0.703. The lowest BCUT2D eigenvalue weighted by atomic mass is 9.96. The smallest absolute Gasteiger partial charge is 0.0183 e. The molecule has 0 aromatic heterocycles. The molecule has 0 amide bonds. The molecule has 0 aliphatic rings. The maximum Gasteiger partial charge on any atom is 0.0183 e. The van der Waals surface area contributed by atoms with Gasteiger partial charge in [-0.2, -0.15) is 11.8 Å². The van der Waals surface area contributed by atoms with Crippen molar-refractivity contribution in [1.29, 1.82) is 0 Å². The van der Waals surface area contributed by atoms with Gasteiger partial charge >= 0.3 is 0 Å². The van der Waals surface area contributed by atoms with Crippen molar-refractivity contribution in [2.24, 2.45) is 11.8 Å². The summed E-state index contributed by atoms with van der Waals surface area (Å²) in [5.74, 6) is 4.22. The van der Waals surface area contributed by atoms with Gasteiger partial charge < -0.3 is 5.32 Å². The van der Waals surface area contributed by atoms with Gasteiger partial charge in [0.25, 0.3) is 0 Å². The van der Waals surface area contributed by atoms with Crippen molar-refractivity contribution >= 4 is 11.8 Å². The Hall–Kier alpha value is 0.310. The first kappa shape index (κ1) is 14.3. The lowest BCUT2D eigenvalue weighted by Gasteiger charge is -2.24. The van der Waals surface area contributed by atoms with Crippen LogP contribution in [0.25, 0.3) is 0 Å². The molecule has 0 heterocycles. The third kappa shape index (κ3) is 5.92. The summed E-state index contributed by atoms with van der Waals surface area (Å²) >= 11 is 2.09. The molecule has 0 spiro atoms. The predicted octanol–water partition coefficient (Wildman–Crippen LogP) is 3.40. The van der Waals surface area contributed by atoms with Crippen LogP contribution in [0, 0.1) is 11.8 Å². The number of hydrogen-bond donors (Lipinski definition) is 1. The standard InChI is InChI=1S/C12H27NS/c1-6-11(7-2)12(13-5)9-14-8-10(3)4/h10-13H,6-9H2,1-5H3. The Morgan fingerprint density at radius 1 is 1.07 bits per heavy atom. The molecule has 1 N–H and O–H groups in total. The van der Waals surface area contributed by atoms with Crippen molar-refractivity contribution in [3.8, 4) is 0 Å². The number of thioether (sulfide) groups is 1. The molecule has 0 rings (SSSR count). The number of rotatable bonds is 8. The number of hydrogen-bond acceptors (Lipinski definition) is 2. The molecule has 0 bridgehead atoms. The quantitative estimate of drug-likeness (QED) is 0.669. The van der Waals surface area contributed by atoms with Crippen molar-refractivity contribution in [1.82, 2.24) is 5.32 Å². The van der Waals surface area contributed by atoms with Gasteiger partial charge in [0, 0.05) is 11.8 Å². The summed E-state index contributed by atoms with van der Waals surface area (Å²) in [5.41, 5.74) is 0. The molecular formula is C12H27NS. The average Bonchev–Trinajstić information content (AvgIpc) is 2.16. The molecule has 0 aliphatic heterocycles. The molecular weight excluding hydrogens is 190 g/mol. The second-order valence-electron chi connectivity index (χ2n) is 4.40. The fourth-order valence-electron chi connectivity index (χ4n) is 1.74. The summed E-state index contributed by atoms with van der Waals surface area (Å²) in [4.78, 5) is 0. The van der Waals surface area contributed by atoms with Crippen LogP contribution in [0.1, 0.15) is 40.5 Å². The molecule has 0 radical (unpaired) electrons. The highest BCUT2D eigenvalue weighted by atomic mass is 32.2. The van der Waals surface area contributed by atoms with E-state index in [2.05, 4.69) is 51.8 Å². The summed E-state index contributed by atoms with van der Waals surface area (Å²) in [6, 6.07) is 0.703. The van der Waals surface area contributed by atoms with Gasteiger partial charge in [0.1, 0.15) is 0 Å². The summed E-state index contributed by atoms with van der Waals surface area (Å²) in [7, 11) is 2.10. The van der Waals surface area contributed by atoms with Crippen LogP contribution in [0.2, 0.25) is 0 Å². The van der Waals surface area contributed by atoms with Crippen LogP contribution in [0.15, 0.2) is 0 Å². The monoisotopic (exact) mass is 217 g/mol. The first-order chi connectivity index (χ1) is 6.65. The molecule has 0 fully saturated rings. The average molecular weight is 217 g/mol. The van der Waals surface area contributed by atoms with Crippen molar-refractivity contribution in [2.75, 3.05) is 18.6 Å². The van der Waals surface area contributed by atoms with Crippen LogP contribution in [0.3, 0.4) is 0 Å². The second kappa shape index (κ2) is 8.60. The molecule has 0 saturated carbocycles. The van der Waals surface area contributed by atoms with Crippen molar-refractivity contribution < 1.29 is 0 Å². The van der Waals surface area contributed by atoms with E-state index in [1.54, 1.807) is 0 Å². The summed E-state index contributed by atoms with van der Waals surface area (Å²) < 4.78 is 0. The Kier molecular flexibility index (Phi) is 8.80. The summed E-state index contributed by atoms with van der Waals surface area (Å²) in [6.07, 6.45) is 2.59. The summed E-state index contributed by atoms with van der Waals surface area (Å²) in [6.45, 7) is 9.17. The van der Waals surface area contributed by atoms with E-state index >= 15 is 0 Å². The van der Waals surface area contributed by atoms with E-state index in [-0.39, 0.29) is 0 Å². The zero-order valence-electron chi connectivity index (χ0n) is 10.5. The molecule has 0 saturated heterocycles. The number of nitrogens with one attached hydrogen (secondary N) is 1. The molecule has 14 heavy (non-hydrogen) atoms. The lowest BCUT2D eigenvalue weighted by molar-refractivity contribution is 0.378. The van der Waals surface area contributed by atoms with Crippen LogP contribution < -0.4 is 5.32 Å². The maximum atomic E-state index is 3.46. The van der Waals surface area contributed by atoms with Gasteiger partial charge in [-0.05, 0) is 24.6 Å². The van der Waals surface area contributed by atoms with Crippen LogP contribution in [-0.4, -0.2) is 24.6 Å². The van der Waals surface area contributed by atoms with Gasteiger partial charge in [0.05, 0.1) is 0 Å². The molecule has 1 atom stereocenters. The third-order valence-corrected chi connectivity index (χ3v) is 4.23. The van der Waals surface area contributed by atoms with E-state index in [1.165, 1.54) is 24.3 Å². The van der Waals surface area contributed by atoms with Gasteiger partial charge in [-0.25, -0.2) is 0 Å². The zero-order chi connectivity index (χ0) is 11.0. The molecule has 1 nitrogen and oxygen atoms in total. The minimum atomic E-state index is 0.703. The highest BCUT2D eigenvalue weighted by Crippen LogP contribution is 2.18. The molecule has 86 valence electrons. The predicted molar refractivity (Wildman–Crippen MR) is 69.1 cm³/mol. The molecule has 2 heteroatoms.